The molecule has 2 heterocycles. The van der Waals surface area contributed by atoms with Crippen LogP contribution < -0.4 is 5.32 Å². The second-order valence-corrected chi connectivity index (χ2v) is 4.02. The molecule has 1 aliphatic rings. The molecule has 1 aromatic rings. The van der Waals surface area contributed by atoms with E-state index in [4.69, 9.17) is 0 Å². The van der Waals surface area contributed by atoms with E-state index in [0.29, 0.717) is 18.2 Å². The Labute approximate surface area is 90.6 Å². The maximum absolute atomic E-state index is 12.2. The number of halogens is 3. The van der Waals surface area contributed by atoms with E-state index < -0.39 is 12.0 Å². The lowest BCUT2D eigenvalue weighted by atomic mass is 9.96. The van der Waals surface area contributed by atoms with Gasteiger partial charge in [-0.3, -0.25) is 5.10 Å². The van der Waals surface area contributed by atoms with E-state index in [1.165, 1.54) is 0 Å². The summed E-state index contributed by atoms with van der Waals surface area (Å²) in [5.41, 5.74) is 0. The second kappa shape index (κ2) is 4.40. The van der Waals surface area contributed by atoms with Crippen LogP contribution in [0.4, 0.5) is 13.2 Å². The molecule has 2 N–H and O–H groups in total. The molecule has 2 rings (SSSR count). The van der Waals surface area contributed by atoms with Crippen molar-refractivity contribution >= 4 is 0 Å². The fourth-order valence-electron chi connectivity index (χ4n) is 1.89. The van der Waals surface area contributed by atoms with Gasteiger partial charge in [0.1, 0.15) is 5.82 Å². The van der Waals surface area contributed by atoms with Crippen LogP contribution in [-0.2, 0) is 12.6 Å². The average Bonchev–Trinajstić information content (AvgIpc) is 2.67. The van der Waals surface area contributed by atoms with Crippen LogP contribution >= 0.6 is 0 Å². The van der Waals surface area contributed by atoms with Gasteiger partial charge in [0.2, 0.25) is 0 Å². The molecule has 0 bridgehead atoms. The lowest BCUT2D eigenvalue weighted by Gasteiger charge is -2.21. The number of rotatable bonds is 2. The summed E-state index contributed by atoms with van der Waals surface area (Å²) in [6.45, 7) is 1.82. The van der Waals surface area contributed by atoms with Gasteiger partial charge in [-0.25, -0.2) is 4.98 Å². The van der Waals surface area contributed by atoms with Gasteiger partial charge in [0.05, 0.1) is 0 Å². The van der Waals surface area contributed by atoms with Crippen LogP contribution in [-0.4, -0.2) is 28.3 Å². The quantitative estimate of drug-likeness (QED) is 0.812. The average molecular weight is 234 g/mol. The highest BCUT2D eigenvalue weighted by molar-refractivity contribution is 4.95. The summed E-state index contributed by atoms with van der Waals surface area (Å²) in [6, 6.07) is 0. The third-order valence-corrected chi connectivity index (χ3v) is 2.67. The molecule has 16 heavy (non-hydrogen) atoms. The first-order valence-corrected chi connectivity index (χ1v) is 5.25. The fourth-order valence-corrected chi connectivity index (χ4v) is 1.89. The van der Waals surface area contributed by atoms with E-state index in [-0.39, 0.29) is 0 Å². The molecule has 0 amide bonds. The standard InChI is InChI=1S/C9H13F3N4/c10-9(11,12)8-14-7(15-16-8)4-6-2-1-3-13-5-6/h6,13H,1-5H2,(H,14,15,16). The van der Waals surface area contributed by atoms with E-state index in [9.17, 15) is 13.2 Å². The molecule has 0 spiro atoms. The van der Waals surface area contributed by atoms with Crippen LogP contribution in [0.1, 0.15) is 24.5 Å². The molecule has 0 aliphatic carbocycles. The summed E-state index contributed by atoms with van der Waals surface area (Å²) < 4.78 is 36.7. The van der Waals surface area contributed by atoms with Gasteiger partial charge in [-0.05, 0) is 31.8 Å². The van der Waals surface area contributed by atoms with Gasteiger partial charge in [0.15, 0.2) is 0 Å². The number of aromatic nitrogens is 3. The number of H-pyrrole nitrogens is 1. The number of aromatic amines is 1. The lowest BCUT2D eigenvalue weighted by molar-refractivity contribution is -0.144. The maximum atomic E-state index is 12.2. The lowest BCUT2D eigenvalue weighted by Crippen LogP contribution is -2.31. The first-order valence-electron chi connectivity index (χ1n) is 5.25. The van der Waals surface area contributed by atoms with Crippen molar-refractivity contribution in [3.05, 3.63) is 11.6 Å². The molecular formula is C9H13F3N4. The van der Waals surface area contributed by atoms with Gasteiger partial charge in [0.25, 0.3) is 5.82 Å². The van der Waals surface area contributed by atoms with Gasteiger partial charge in [-0.2, -0.15) is 13.2 Å². The van der Waals surface area contributed by atoms with Gasteiger partial charge in [0, 0.05) is 6.42 Å². The van der Waals surface area contributed by atoms with Crippen LogP contribution in [0, 0.1) is 5.92 Å². The molecule has 1 fully saturated rings. The highest BCUT2D eigenvalue weighted by Crippen LogP contribution is 2.26. The van der Waals surface area contributed by atoms with E-state index in [1.54, 1.807) is 0 Å². The fraction of sp³-hybridized carbons (Fsp3) is 0.778. The van der Waals surface area contributed by atoms with Gasteiger partial charge >= 0.3 is 6.18 Å². The van der Waals surface area contributed by atoms with Crippen molar-refractivity contribution in [1.82, 2.24) is 20.5 Å². The van der Waals surface area contributed by atoms with Crippen LogP contribution in [0.2, 0.25) is 0 Å². The van der Waals surface area contributed by atoms with Crippen LogP contribution in [0.5, 0.6) is 0 Å². The van der Waals surface area contributed by atoms with E-state index in [2.05, 4.69) is 20.5 Å². The Morgan fingerprint density at radius 2 is 2.19 bits per heavy atom. The first-order chi connectivity index (χ1) is 7.55. The number of hydrogen-bond acceptors (Lipinski definition) is 3. The summed E-state index contributed by atoms with van der Waals surface area (Å²) in [5, 5.41) is 8.73. The zero-order chi connectivity index (χ0) is 11.6. The Balaban J connectivity index is 1.97. The monoisotopic (exact) mass is 234 g/mol. The Bertz CT molecular complexity index is 341. The van der Waals surface area contributed by atoms with Crippen molar-refractivity contribution in [1.29, 1.82) is 0 Å². The summed E-state index contributed by atoms with van der Waals surface area (Å²) in [4.78, 5) is 3.46. The van der Waals surface area contributed by atoms with Crippen molar-refractivity contribution < 1.29 is 13.2 Å². The molecule has 0 aromatic carbocycles. The third kappa shape index (κ3) is 2.72. The Morgan fingerprint density at radius 1 is 1.38 bits per heavy atom. The number of alkyl halides is 3. The molecular weight excluding hydrogens is 221 g/mol. The molecule has 1 saturated heterocycles. The van der Waals surface area contributed by atoms with Crippen molar-refractivity contribution in [2.75, 3.05) is 13.1 Å². The van der Waals surface area contributed by atoms with Crippen LogP contribution in [0.3, 0.4) is 0 Å². The van der Waals surface area contributed by atoms with Gasteiger partial charge < -0.3 is 5.32 Å². The minimum atomic E-state index is -4.46. The number of nitrogens with one attached hydrogen (secondary N) is 2. The van der Waals surface area contributed by atoms with Crippen molar-refractivity contribution in [2.45, 2.75) is 25.4 Å². The summed E-state index contributed by atoms with van der Waals surface area (Å²) >= 11 is 0. The van der Waals surface area contributed by atoms with E-state index in [0.717, 1.165) is 25.9 Å². The maximum Gasteiger partial charge on any atom is 0.453 e. The molecule has 1 unspecified atom stereocenters. The SMILES string of the molecule is FC(F)(F)c1n[nH]c(CC2CCCNC2)n1. The molecule has 4 nitrogen and oxygen atoms in total. The highest BCUT2D eigenvalue weighted by atomic mass is 19.4. The summed E-state index contributed by atoms with van der Waals surface area (Å²) in [5.74, 6) is -0.407. The number of nitrogens with zero attached hydrogens (tertiary/aromatic N) is 2. The number of hydrogen-bond donors (Lipinski definition) is 2. The van der Waals surface area contributed by atoms with Crippen LogP contribution in [0.15, 0.2) is 0 Å². The molecule has 1 aliphatic heterocycles. The zero-order valence-corrected chi connectivity index (χ0v) is 8.64. The first kappa shape index (κ1) is 11.4. The molecule has 1 aromatic heterocycles. The summed E-state index contributed by atoms with van der Waals surface area (Å²) in [7, 11) is 0. The molecule has 0 saturated carbocycles. The molecule has 90 valence electrons. The smallest absolute Gasteiger partial charge is 0.316 e. The Hall–Kier alpha value is -1.11. The summed E-state index contributed by atoms with van der Waals surface area (Å²) in [6.07, 6.45) is -1.85. The predicted molar refractivity (Wildman–Crippen MR) is 50.7 cm³/mol. The topological polar surface area (TPSA) is 53.6 Å². The normalized spacial score (nSPS) is 22.3. The largest absolute Gasteiger partial charge is 0.453 e. The van der Waals surface area contributed by atoms with Crippen molar-refractivity contribution in [3.63, 3.8) is 0 Å². The Kier molecular flexibility index (Phi) is 3.13. The van der Waals surface area contributed by atoms with Gasteiger partial charge in [-0.15, -0.1) is 5.10 Å². The minimum absolute atomic E-state index is 0.320. The van der Waals surface area contributed by atoms with E-state index >= 15 is 0 Å². The van der Waals surface area contributed by atoms with Crippen molar-refractivity contribution in [3.8, 4) is 0 Å². The van der Waals surface area contributed by atoms with Gasteiger partial charge in [-0.1, -0.05) is 0 Å². The van der Waals surface area contributed by atoms with Crippen molar-refractivity contribution in [2.24, 2.45) is 5.92 Å². The predicted octanol–water partition coefficient (Wildman–Crippen LogP) is 1.37. The molecule has 7 heteroatoms. The number of piperidine rings is 1. The highest BCUT2D eigenvalue weighted by Gasteiger charge is 2.36. The van der Waals surface area contributed by atoms with E-state index in [1.807, 2.05) is 0 Å². The minimum Gasteiger partial charge on any atom is -0.316 e. The molecule has 0 radical (unpaired) electrons. The van der Waals surface area contributed by atoms with Crippen LogP contribution in [0.25, 0.3) is 0 Å². The zero-order valence-electron chi connectivity index (χ0n) is 8.64. The second-order valence-electron chi connectivity index (χ2n) is 4.02. The third-order valence-electron chi connectivity index (χ3n) is 2.67. The molecule has 1 atom stereocenters. The Morgan fingerprint density at radius 3 is 2.75 bits per heavy atom.